The van der Waals surface area contributed by atoms with E-state index in [0.717, 1.165) is 31.8 Å². The van der Waals surface area contributed by atoms with E-state index in [4.69, 9.17) is 9.47 Å². The molecule has 1 N–H and O–H groups in total. The van der Waals surface area contributed by atoms with Gasteiger partial charge in [0.15, 0.2) is 0 Å². The summed E-state index contributed by atoms with van der Waals surface area (Å²) < 4.78 is 11.3. The Bertz CT molecular complexity index is 348. The third-order valence-corrected chi connectivity index (χ3v) is 3.29. The second-order valence-electron chi connectivity index (χ2n) is 4.94. The molecule has 2 rings (SSSR count). The smallest absolute Gasteiger partial charge is 0.0889 e. The second-order valence-corrected chi connectivity index (χ2v) is 4.94. The first-order chi connectivity index (χ1) is 9.38. The Morgan fingerprint density at radius 2 is 2.37 bits per heavy atom. The van der Waals surface area contributed by atoms with Crippen molar-refractivity contribution in [3.05, 3.63) is 29.6 Å². The minimum atomic E-state index is 0.279. The van der Waals surface area contributed by atoms with E-state index in [9.17, 15) is 0 Å². The maximum absolute atomic E-state index is 5.68. The molecule has 1 aliphatic heterocycles. The number of rotatable bonds is 7. The molecule has 0 saturated carbocycles. The lowest BCUT2D eigenvalue weighted by Crippen LogP contribution is -2.24. The topological polar surface area (TPSA) is 43.4 Å². The number of pyridine rings is 1. The third kappa shape index (κ3) is 5.27. The van der Waals surface area contributed by atoms with Gasteiger partial charge in [-0.3, -0.25) is 4.98 Å². The first-order valence-electron chi connectivity index (χ1n) is 7.22. The van der Waals surface area contributed by atoms with Crippen LogP contribution in [0.25, 0.3) is 0 Å². The molecule has 0 spiro atoms. The molecule has 1 atom stereocenters. The second kappa shape index (κ2) is 8.25. The van der Waals surface area contributed by atoms with Gasteiger partial charge in [0.1, 0.15) is 0 Å². The fraction of sp³-hybridized carbons (Fsp3) is 0.667. The molecule has 0 aromatic carbocycles. The fourth-order valence-corrected chi connectivity index (χ4v) is 2.15. The van der Waals surface area contributed by atoms with E-state index in [1.807, 2.05) is 12.3 Å². The Hall–Kier alpha value is -0.970. The van der Waals surface area contributed by atoms with Gasteiger partial charge in [0.25, 0.3) is 0 Å². The van der Waals surface area contributed by atoms with E-state index in [1.165, 1.54) is 18.4 Å². The summed E-state index contributed by atoms with van der Waals surface area (Å²) in [7, 11) is 0. The highest BCUT2D eigenvalue weighted by atomic mass is 16.5. The predicted octanol–water partition coefficient (Wildman–Crippen LogP) is 2.28. The van der Waals surface area contributed by atoms with Crippen LogP contribution in [-0.4, -0.2) is 30.8 Å². The van der Waals surface area contributed by atoms with Crippen molar-refractivity contribution in [3.63, 3.8) is 0 Å². The zero-order valence-electron chi connectivity index (χ0n) is 11.7. The van der Waals surface area contributed by atoms with Gasteiger partial charge < -0.3 is 14.8 Å². The lowest BCUT2D eigenvalue weighted by molar-refractivity contribution is -0.0452. The fourth-order valence-electron chi connectivity index (χ4n) is 2.15. The van der Waals surface area contributed by atoms with Crippen molar-refractivity contribution in [2.45, 2.75) is 45.4 Å². The van der Waals surface area contributed by atoms with Crippen LogP contribution in [0.4, 0.5) is 0 Å². The molecule has 1 fully saturated rings. The summed E-state index contributed by atoms with van der Waals surface area (Å²) in [5.74, 6) is 0. The van der Waals surface area contributed by atoms with Crippen LogP contribution in [0.3, 0.4) is 0 Å². The van der Waals surface area contributed by atoms with Crippen LogP contribution in [0.2, 0.25) is 0 Å². The van der Waals surface area contributed by atoms with Crippen LogP contribution in [0.15, 0.2) is 18.3 Å². The first-order valence-corrected chi connectivity index (χ1v) is 7.22. The van der Waals surface area contributed by atoms with Crippen molar-refractivity contribution in [1.29, 1.82) is 0 Å². The molecular weight excluding hydrogens is 240 g/mol. The van der Waals surface area contributed by atoms with E-state index < -0.39 is 0 Å². The molecular formula is C15H24N2O2. The molecule has 1 saturated heterocycles. The maximum Gasteiger partial charge on any atom is 0.0889 e. The van der Waals surface area contributed by atoms with Gasteiger partial charge in [-0.25, -0.2) is 0 Å². The summed E-state index contributed by atoms with van der Waals surface area (Å²) in [5, 5.41) is 3.28. The summed E-state index contributed by atoms with van der Waals surface area (Å²) in [6.07, 6.45) is 5.76. The Morgan fingerprint density at radius 3 is 3.05 bits per heavy atom. The lowest BCUT2D eigenvalue weighted by atomic mass is 10.1. The standard InChI is InChI=1S/C15H24N2O2/c1-2-16-9-13-6-7-14(17-10-13)11-18-12-15-5-3-4-8-19-15/h6-7,10,15-16H,2-5,8-9,11-12H2,1H3. The van der Waals surface area contributed by atoms with Crippen LogP contribution in [-0.2, 0) is 22.6 Å². The van der Waals surface area contributed by atoms with E-state index in [0.29, 0.717) is 13.2 Å². The van der Waals surface area contributed by atoms with Gasteiger partial charge in [0.2, 0.25) is 0 Å². The number of nitrogens with one attached hydrogen (secondary N) is 1. The Labute approximate surface area is 115 Å². The Morgan fingerprint density at radius 1 is 1.42 bits per heavy atom. The molecule has 0 radical (unpaired) electrons. The molecule has 4 nitrogen and oxygen atoms in total. The van der Waals surface area contributed by atoms with Crippen molar-refractivity contribution in [2.75, 3.05) is 19.8 Å². The molecule has 1 aromatic heterocycles. The van der Waals surface area contributed by atoms with Gasteiger partial charge in [-0.05, 0) is 37.4 Å². The summed E-state index contributed by atoms with van der Waals surface area (Å²) in [5.41, 5.74) is 2.19. The molecule has 0 aliphatic carbocycles. The summed E-state index contributed by atoms with van der Waals surface area (Å²) in [6, 6.07) is 4.14. The van der Waals surface area contributed by atoms with Crippen LogP contribution in [0, 0.1) is 0 Å². The van der Waals surface area contributed by atoms with Gasteiger partial charge in [-0.1, -0.05) is 13.0 Å². The van der Waals surface area contributed by atoms with Crippen LogP contribution >= 0.6 is 0 Å². The quantitative estimate of drug-likeness (QED) is 0.820. The zero-order valence-corrected chi connectivity index (χ0v) is 11.7. The minimum absolute atomic E-state index is 0.279. The van der Waals surface area contributed by atoms with E-state index in [1.54, 1.807) is 0 Å². The monoisotopic (exact) mass is 264 g/mol. The van der Waals surface area contributed by atoms with Crippen LogP contribution in [0.1, 0.15) is 37.4 Å². The number of hydrogen-bond donors (Lipinski definition) is 1. The van der Waals surface area contributed by atoms with Crippen molar-refractivity contribution >= 4 is 0 Å². The van der Waals surface area contributed by atoms with Gasteiger partial charge in [-0.15, -0.1) is 0 Å². The molecule has 1 unspecified atom stereocenters. The maximum atomic E-state index is 5.68. The first kappa shape index (κ1) is 14.4. The van der Waals surface area contributed by atoms with Crippen molar-refractivity contribution in [1.82, 2.24) is 10.3 Å². The normalized spacial score (nSPS) is 19.5. The van der Waals surface area contributed by atoms with Crippen LogP contribution < -0.4 is 5.32 Å². The predicted molar refractivity (Wildman–Crippen MR) is 74.9 cm³/mol. The highest BCUT2D eigenvalue weighted by molar-refractivity contribution is 5.13. The molecule has 2 heterocycles. The number of nitrogens with zero attached hydrogens (tertiary/aromatic N) is 1. The molecule has 0 bridgehead atoms. The third-order valence-electron chi connectivity index (χ3n) is 3.29. The molecule has 19 heavy (non-hydrogen) atoms. The lowest BCUT2D eigenvalue weighted by Gasteiger charge is -2.22. The number of ether oxygens (including phenoxy) is 2. The van der Waals surface area contributed by atoms with Gasteiger partial charge in [-0.2, -0.15) is 0 Å². The SMILES string of the molecule is CCNCc1ccc(COCC2CCCCO2)nc1. The highest BCUT2D eigenvalue weighted by Crippen LogP contribution is 2.13. The average Bonchev–Trinajstić information content (AvgIpc) is 2.47. The van der Waals surface area contributed by atoms with Gasteiger partial charge >= 0.3 is 0 Å². The minimum Gasteiger partial charge on any atom is -0.376 e. The largest absolute Gasteiger partial charge is 0.376 e. The summed E-state index contributed by atoms with van der Waals surface area (Å²) in [6.45, 7) is 6.09. The van der Waals surface area contributed by atoms with E-state index in [2.05, 4.69) is 23.3 Å². The molecule has 1 aliphatic rings. The average molecular weight is 264 g/mol. The van der Waals surface area contributed by atoms with E-state index in [-0.39, 0.29) is 6.10 Å². The zero-order chi connectivity index (χ0) is 13.3. The van der Waals surface area contributed by atoms with Crippen molar-refractivity contribution < 1.29 is 9.47 Å². The molecule has 1 aromatic rings. The Balaban J connectivity index is 1.67. The van der Waals surface area contributed by atoms with E-state index >= 15 is 0 Å². The number of hydrogen-bond acceptors (Lipinski definition) is 4. The van der Waals surface area contributed by atoms with Crippen LogP contribution in [0.5, 0.6) is 0 Å². The summed E-state index contributed by atoms with van der Waals surface area (Å²) >= 11 is 0. The Kier molecular flexibility index (Phi) is 6.27. The molecule has 4 heteroatoms. The summed E-state index contributed by atoms with van der Waals surface area (Å²) in [4.78, 5) is 4.41. The molecule has 0 amide bonds. The van der Waals surface area contributed by atoms with Crippen molar-refractivity contribution in [2.24, 2.45) is 0 Å². The number of aromatic nitrogens is 1. The van der Waals surface area contributed by atoms with Gasteiger partial charge in [0.05, 0.1) is 25.0 Å². The van der Waals surface area contributed by atoms with Crippen molar-refractivity contribution in [3.8, 4) is 0 Å². The molecule has 106 valence electrons. The van der Waals surface area contributed by atoms with Gasteiger partial charge in [0, 0.05) is 19.3 Å². The highest BCUT2D eigenvalue weighted by Gasteiger charge is 2.13.